The molecule has 3 aromatic rings. The number of nitrogens with zero attached hydrogens (tertiary/aromatic N) is 1. The first kappa shape index (κ1) is 20.9. The van der Waals surface area contributed by atoms with Gasteiger partial charge in [-0.3, -0.25) is 4.79 Å². The molecular weight excluding hydrogens is 412 g/mol. The lowest BCUT2D eigenvalue weighted by atomic mass is 10.2. The Kier molecular flexibility index (Phi) is 6.31. The number of fused-ring (bicyclic) bond motifs is 1. The molecule has 1 aliphatic heterocycles. The number of carbonyl (C=O) groups is 2. The van der Waals surface area contributed by atoms with Crippen LogP contribution >= 0.6 is 0 Å². The number of carbonyl (C=O) groups excluding carboxylic acids is 2. The maximum atomic E-state index is 12.3. The van der Waals surface area contributed by atoms with Crippen LogP contribution in [0.4, 0.5) is 0 Å². The van der Waals surface area contributed by atoms with Crippen molar-refractivity contribution < 1.29 is 28.5 Å². The number of esters is 1. The van der Waals surface area contributed by atoms with Crippen LogP contribution in [0.25, 0.3) is 0 Å². The van der Waals surface area contributed by atoms with Gasteiger partial charge in [-0.15, -0.1) is 0 Å². The van der Waals surface area contributed by atoms with Crippen molar-refractivity contribution in [1.82, 2.24) is 5.43 Å². The summed E-state index contributed by atoms with van der Waals surface area (Å²) in [5.74, 6) is 0.803. The summed E-state index contributed by atoms with van der Waals surface area (Å²) >= 11 is 0. The smallest absolute Gasteiger partial charge is 0.343 e. The molecule has 8 nitrogen and oxygen atoms in total. The quantitative estimate of drug-likeness (QED) is 0.278. The summed E-state index contributed by atoms with van der Waals surface area (Å²) in [6.45, 7) is 0.0909. The number of methoxy groups -OCH3 is 1. The third kappa shape index (κ3) is 4.86. The van der Waals surface area contributed by atoms with Gasteiger partial charge in [-0.1, -0.05) is 30.3 Å². The van der Waals surface area contributed by atoms with Crippen LogP contribution in [0.2, 0.25) is 0 Å². The van der Waals surface area contributed by atoms with E-state index in [0.29, 0.717) is 28.4 Å². The van der Waals surface area contributed by atoms with Crippen LogP contribution in [-0.4, -0.2) is 37.9 Å². The van der Waals surface area contributed by atoms with Crippen LogP contribution in [-0.2, 0) is 4.79 Å². The molecule has 32 heavy (non-hydrogen) atoms. The lowest BCUT2D eigenvalue weighted by Crippen LogP contribution is -2.42. The van der Waals surface area contributed by atoms with Crippen LogP contribution < -0.4 is 24.4 Å². The SMILES string of the molecule is COc1cc(/C=N\NC(=O)[C@@H]2COc3ccccc3O2)ccc1OC(=O)c1ccccc1. The first-order valence-electron chi connectivity index (χ1n) is 9.80. The molecule has 1 amide bonds. The lowest BCUT2D eigenvalue weighted by Gasteiger charge is -2.24. The highest BCUT2D eigenvalue weighted by Crippen LogP contribution is 2.31. The number of amides is 1. The number of hydrazone groups is 1. The van der Waals surface area contributed by atoms with E-state index >= 15 is 0 Å². The molecule has 0 saturated heterocycles. The van der Waals surface area contributed by atoms with E-state index in [9.17, 15) is 9.59 Å². The molecule has 4 rings (SSSR count). The molecule has 3 aromatic carbocycles. The van der Waals surface area contributed by atoms with Crippen molar-refractivity contribution in [2.24, 2.45) is 5.10 Å². The molecule has 0 spiro atoms. The molecule has 0 fully saturated rings. The van der Waals surface area contributed by atoms with E-state index in [4.69, 9.17) is 18.9 Å². The average Bonchev–Trinajstić information content (AvgIpc) is 2.85. The molecule has 1 atom stereocenters. The molecular formula is C24H20N2O6. The maximum Gasteiger partial charge on any atom is 0.343 e. The largest absolute Gasteiger partial charge is 0.493 e. The first-order chi connectivity index (χ1) is 15.6. The maximum absolute atomic E-state index is 12.3. The Bertz CT molecular complexity index is 1150. The van der Waals surface area contributed by atoms with Crippen molar-refractivity contribution in [3.8, 4) is 23.0 Å². The minimum Gasteiger partial charge on any atom is -0.493 e. The Morgan fingerprint density at radius 3 is 2.53 bits per heavy atom. The molecule has 0 aromatic heterocycles. The zero-order valence-electron chi connectivity index (χ0n) is 17.2. The fourth-order valence-electron chi connectivity index (χ4n) is 2.97. The van der Waals surface area contributed by atoms with Gasteiger partial charge in [0.15, 0.2) is 23.0 Å². The lowest BCUT2D eigenvalue weighted by molar-refractivity contribution is -0.130. The fourth-order valence-corrected chi connectivity index (χ4v) is 2.97. The molecule has 0 radical (unpaired) electrons. The summed E-state index contributed by atoms with van der Waals surface area (Å²) in [6, 6.07) is 20.7. The number of hydrogen-bond acceptors (Lipinski definition) is 7. The Hall–Kier alpha value is -4.33. The van der Waals surface area contributed by atoms with Crippen molar-refractivity contribution in [1.29, 1.82) is 0 Å². The van der Waals surface area contributed by atoms with Gasteiger partial charge in [0.2, 0.25) is 6.10 Å². The molecule has 8 heteroatoms. The van der Waals surface area contributed by atoms with Crippen molar-refractivity contribution >= 4 is 18.1 Å². The van der Waals surface area contributed by atoms with Gasteiger partial charge in [0.05, 0.1) is 18.9 Å². The number of ether oxygens (including phenoxy) is 4. The Balaban J connectivity index is 1.37. The summed E-state index contributed by atoms with van der Waals surface area (Å²) in [5.41, 5.74) is 3.50. The van der Waals surface area contributed by atoms with E-state index in [-0.39, 0.29) is 12.4 Å². The first-order valence-corrected chi connectivity index (χ1v) is 9.80. The molecule has 1 N–H and O–H groups in total. The summed E-state index contributed by atoms with van der Waals surface area (Å²) in [4.78, 5) is 24.6. The van der Waals surface area contributed by atoms with Crippen molar-refractivity contribution in [2.45, 2.75) is 6.10 Å². The van der Waals surface area contributed by atoms with Crippen LogP contribution in [0.15, 0.2) is 77.9 Å². The van der Waals surface area contributed by atoms with E-state index in [1.807, 2.05) is 12.1 Å². The Morgan fingerprint density at radius 1 is 1.00 bits per heavy atom. The van der Waals surface area contributed by atoms with Crippen molar-refractivity contribution in [2.75, 3.05) is 13.7 Å². The van der Waals surface area contributed by atoms with Gasteiger partial charge in [-0.05, 0) is 48.0 Å². The second-order valence-electron chi connectivity index (χ2n) is 6.76. The molecule has 0 saturated carbocycles. The van der Waals surface area contributed by atoms with E-state index in [2.05, 4.69) is 10.5 Å². The number of rotatable bonds is 6. The van der Waals surface area contributed by atoms with E-state index in [0.717, 1.165) is 0 Å². The van der Waals surface area contributed by atoms with Gasteiger partial charge in [-0.2, -0.15) is 5.10 Å². The van der Waals surface area contributed by atoms with Crippen LogP contribution in [0.1, 0.15) is 15.9 Å². The molecule has 0 aliphatic carbocycles. The Morgan fingerprint density at radius 2 is 1.75 bits per heavy atom. The van der Waals surface area contributed by atoms with Crippen molar-refractivity contribution in [3.05, 3.63) is 83.9 Å². The average molecular weight is 432 g/mol. The Labute approximate surface area is 184 Å². The highest BCUT2D eigenvalue weighted by molar-refractivity contribution is 5.91. The molecule has 1 aliphatic rings. The summed E-state index contributed by atoms with van der Waals surface area (Å²) < 4.78 is 21.9. The predicted octanol–water partition coefficient (Wildman–Crippen LogP) is 3.20. The van der Waals surface area contributed by atoms with Gasteiger partial charge >= 0.3 is 5.97 Å². The number of nitrogens with one attached hydrogen (secondary N) is 1. The van der Waals surface area contributed by atoms with E-state index in [1.165, 1.54) is 13.3 Å². The van der Waals surface area contributed by atoms with Gasteiger partial charge in [-0.25, -0.2) is 10.2 Å². The zero-order valence-corrected chi connectivity index (χ0v) is 17.2. The zero-order chi connectivity index (χ0) is 22.3. The second-order valence-corrected chi connectivity index (χ2v) is 6.76. The topological polar surface area (TPSA) is 95.5 Å². The third-order valence-electron chi connectivity index (χ3n) is 4.59. The van der Waals surface area contributed by atoms with Crippen molar-refractivity contribution in [3.63, 3.8) is 0 Å². The minimum absolute atomic E-state index is 0.0909. The molecule has 0 unspecified atom stereocenters. The summed E-state index contributed by atoms with van der Waals surface area (Å²) in [6.07, 6.45) is 0.636. The van der Waals surface area contributed by atoms with Gasteiger partial charge in [0.25, 0.3) is 5.91 Å². The number of hydrogen-bond donors (Lipinski definition) is 1. The fraction of sp³-hybridized carbons (Fsp3) is 0.125. The summed E-state index contributed by atoms with van der Waals surface area (Å²) in [7, 11) is 1.47. The normalized spacial score (nSPS) is 14.6. The van der Waals surface area contributed by atoms with Gasteiger partial charge in [0, 0.05) is 0 Å². The third-order valence-corrected chi connectivity index (χ3v) is 4.59. The molecule has 162 valence electrons. The number of para-hydroxylation sites is 2. The van der Waals surface area contributed by atoms with Gasteiger partial charge < -0.3 is 18.9 Å². The minimum atomic E-state index is -0.809. The number of benzene rings is 3. The van der Waals surface area contributed by atoms with Crippen LogP contribution in [0.5, 0.6) is 23.0 Å². The second kappa shape index (κ2) is 9.65. The standard InChI is InChI=1S/C24H20N2O6/c1-29-21-13-16(11-12-20(21)32-24(28)17-7-3-2-4-8-17)14-25-26-23(27)22-15-30-18-9-5-6-10-19(18)31-22/h2-14,22H,15H2,1H3,(H,26,27)/b25-14-/t22-/m0/s1. The monoisotopic (exact) mass is 432 g/mol. The highest BCUT2D eigenvalue weighted by atomic mass is 16.6. The summed E-state index contributed by atoms with van der Waals surface area (Å²) in [5, 5.41) is 3.96. The van der Waals surface area contributed by atoms with Gasteiger partial charge in [0.1, 0.15) is 6.61 Å². The predicted molar refractivity (Wildman–Crippen MR) is 116 cm³/mol. The molecule has 0 bridgehead atoms. The molecule has 1 heterocycles. The van der Waals surface area contributed by atoms with Crippen LogP contribution in [0.3, 0.4) is 0 Å². The van der Waals surface area contributed by atoms with E-state index in [1.54, 1.807) is 60.7 Å². The van der Waals surface area contributed by atoms with Crippen LogP contribution in [0, 0.1) is 0 Å². The van der Waals surface area contributed by atoms with E-state index < -0.39 is 18.0 Å². The highest BCUT2D eigenvalue weighted by Gasteiger charge is 2.27.